The number of hydrogen-bond donors (Lipinski definition) is 1. The van der Waals surface area contributed by atoms with E-state index >= 15 is 0 Å². The number of likely N-dealkylation sites (tertiary alicyclic amines) is 1. The second-order valence-corrected chi connectivity index (χ2v) is 6.87. The molecule has 1 saturated heterocycles. The second kappa shape index (κ2) is 4.73. The van der Waals surface area contributed by atoms with E-state index in [0.717, 1.165) is 11.2 Å². The fraction of sp³-hybridized carbons (Fsp3) is 0.588. The molecule has 0 spiro atoms. The maximum Gasteiger partial charge on any atom is 0.113 e. The van der Waals surface area contributed by atoms with Crippen molar-refractivity contribution in [3.05, 3.63) is 24.0 Å². The standard InChI is InChI=1S/C17H24N4/c1-11-9-14(7-8-20(11)2)21-16-6-5-13(18)10-15(16)19-17(21)12-3-4-12/h5-6,10-12,14H,3-4,7-9,18H2,1-2H3. The number of rotatable bonds is 2. The molecule has 0 amide bonds. The zero-order valence-electron chi connectivity index (χ0n) is 12.9. The van der Waals surface area contributed by atoms with Gasteiger partial charge in [0.05, 0.1) is 11.0 Å². The molecule has 2 heterocycles. The van der Waals surface area contributed by atoms with Gasteiger partial charge in [-0.2, -0.15) is 0 Å². The van der Waals surface area contributed by atoms with Crippen LogP contribution in [0.15, 0.2) is 18.2 Å². The number of anilines is 1. The topological polar surface area (TPSA) is 47.1 Å². The molecule has 1 aromatic heterocycles. The maximum atomic E-state index is 5.94. The number of imidazole rings is 1. The minimum absolute atomic E-state index is 0.584. The average molecular weight is 284 g/mol. The SMILES string of the molecule is CC1CC(n2c(C3CC3)nc3cc(N)ccc32)CCN1C. The van der Waals surface area contributed by atoms with E-state index in [4.69, 9.17) is 10.7 Å². The Kier molecular flexibility index (Phi) is 2.96. The predicted molar refractivity (Wildman–Crippen MR) is 86.5 cm³/mol. The zero-order chi connectivity index (χ0) is 14.6. The third-order valence-corrected chi connectivity index (χ3v) is 5.23. The summed E-state index contributed by atoms with van der Waals surface area (Å²) in [5.74, 6) is 1.98. The molecule has 0 bridgehead atoms. The van der Waals surface area contributed by atoms with Crippen LogP contribution in [-0.4, -0.2) is 34.1 Å². The normalized spacial score (nSPS) is 27.3. The molecule has 2 aromatic rings. The molecule has 4 nitrogen and oxygen atoms in total. The molecule has 112 valence electrons. The highest BCUT2D eigenvalue weighted by atomic mass is 15.2. The number of fused-ring (bicyclic) bond motifs is 1. The smallest absolute Gasteiger partial charge is 0.113 e. The highest BCUT2D eigenvalue weighted by Crippen LogP contribution is 2.43. The number of nitrogens with two attached hydrogens (primary N) is 1. The number of nitrogens with zero attached hydrogens (tertiary/aromatic N) is 3. The molecule has 2 unspecified atom stereocenters. The summed E-state index contributed by atoms with van der Waals surface area (Å²) >= 11 is 0. The van der Waals surface area contributed by atoms with Gasteiger partial charge in [0.1, 0.15) is 5.82 Å². The van der Waals surface area contributed by atoms with Crippen molar-refractivity contribution in [3.63, 3.8) is 0 Å². The van der Waals surface area contributed by atoms with Gasteiger partial charge in [-0.25, -0.2) is 4.98 Å². The predicted octanol–water partition coefficient (Wildman–Crippen LogP) is 3.15. The van der Waals surface area contributed by atoms with Gasteiger partial charge in [-0.15, -0.1) is 0 Å². The molecule has 1 saturated carbocycles. The molecular weight excluding hydrogens is 260 g/mol. The van der Waals surface area contributed by atoms with Gasteiger partial charge in [0.15, 0.2) is 0 Å². The van der Waals surface area contributed by atoms with E-state index in [-0.39, 0.29) is 0 Å². The maximum absolute atomic E-state index is 5.94. The summed E-state index contributed by atoms with van der Waals surface area (Å²) in [7, 11) is 2.23. The van der Waals surface area contributed by atoms with E-state index in [2.05, 4.69) is 29.5 Å². The van der Waals surface area contributed by atoms with Gasteiger partial charge in [-0.3, -0.25) is 0 Å². The molecule has 0 radical (unpaired) electrons. The van der Waals surface area contributed by atoms with Crippen LogP contribution < -0.4 is 5.73 Å². The molecule has 2 atom stereocenters. The van der Waals surface area contributed by atoms with Crippen LogP contribution in [-0.2, 0) is 0 Å². The fourth-order valence-corrected chi connectivity index (χ4v) is 3.65. The fourth-order valence-electron chi connectivity index (χ4n) is 3.65. The summed E-state index contributed by atoms with van der Waals surface area (Å²) in [5, 5.41) is 0. The Hall–Kier alpha value is -1.55. The van der Waals surface area contributed by atoms with Crippen molar-refractivity contribution in [1.29, 1.82) is 0 Å². The largest absolute Gasteiger partial charge is 0.399 e. The monoisotopic (exact) mass is 284 g/mol. The number of benzene rings is 1. The molecule has 2 N–H and O–H groups in total. The van der Waals surface area contributed by atoms with Crippen molar-refractivity contribution in [1.82, 2.24) is 14.5 Å². The summed E-state index contributed by atoms with van der Waals surface area (Å²) in [6, 6.07) is 7.42. The van der Waals surface area contributed by atoms with Crippen LogP contribution >= 0.6 is 0 Å². The summed E-state index contributed by atoms with van der Waals surface area (Å²) in [6.45, 7) is 3.50. The van der Waals surface area contributed by atoms with Crippen molar-refractivity contribution in [2.24, 2.45) is 0 Å². The number of aromatic nitrogens is 2. The zero-order valence-corrected chi connectivity index (χ0v) is 12.9. The van der Waals surface area contributed by atoms with Gasteiger partial charge in [0, 0.05) is 30.2 Å². The summed E-state index contributed by atoms with van der Waals surface area (Å²) in [4.78, 5) is 7.39. The third-order valence-electron chi connectivity index (χ3n) is 5.23. The molecule has 1 aliphatic heterocycles. The highest BCUT2D eigenvalue weighted by molar-refractivity contribution is 5.80. The van der Waals surface area contributed by atoms with Gasteiger partial charge in [0.25, 0.3) is 0 Å². The molecule has 2 aliphatic rings. The number of piperidine rings is 1. The first-order chi connectivity index (χ1) is 10.1. The van der Waals surface area contributed by atoms with Crippen molar-refractivity contribution in [2.75, 3.05) is 19.3 Å². The van der Waals surface area contributed by atoms with Crippen molar-refractivity contribution >= 4 is 16.7 Å². The van der Waals surface area contributed by atoms with E-state index in [1.807, 2.05) is 12.1 Å². The lowest BCUT2D eigenvalue weighted by molar-refractivity contribution is 0.157. The van der Waals surface area contributed by atoms with Crippen LogP contribution in [0.25, 0.3) is 11.0 Å². The Morgan fingerprint density at radius 2 is 2.05 bits per heavy atom. The van der Waals surface area contributed by atoms with Gasteiger partial charge in [-0.1, -0.05) is 0 Å². The first-order valence-corrected chi connectivity index (χ1v) is 8.11. The Balaban J connectivity index is 1.80. The lowest BCUT2D eigenvalue weighted by Gasteiger charge is -2.36. The first-order valence-electron chi connectivity index (χ1n) is 8.11. The highest BCUT2D eigenvalue weighted by Gasteiger charge is 2.33. The van der Waals surface area contributed by atoms with E-state index in [1.165, 1.54) is 43.6 Å². The molecular formula is C17H24N4. The van der Waals surface area contributed by atoms with Gasteiger partial charge < -0.3 is 15.2 Å². The number of hydrogen-bond acceptors (Lipinski definition) is 3. The Labute approximate surface area is 125 Å². The van der Waals surface area contributed by atoms with Crippen molar-refractivity contribution in [3.8, 4) is 0 Å². The van der Waals surface area contributed by atoms with Crippen LogP contribution in [0, 0.1) is 0 Å². The Morgan fingerprint density at radius 1 is 1.24 bits per heavy atom. The molecule has 21 heavy (non-hydrogen) atoms. The van der Waals surface area contributed by atoms with E-state index in [9.17, 15) is 0 Å². The number of nitrogen functional groups attached to an aromatic ring is 1. The summed E-state index contributed by atoms with van der Waals surface area (Å²) in [5.41, 5.74) is 9.09. The van der Waals surface area contributed by atoms with Crippen LogP contribution in [0.5, 0.6) is 0 Å². The molecule has 2 fully saturated rings. The van der Waals surface area contributed by atoms with Crippen molar-refractivity contribution in [2.45, 2.75) is 50.6 Å². The summed E-state index contributed by atoms with van der Waals surface area (Å²) < 4.78 is 2.54. The van der Waals surface area contributed by atoms with E-state index < -0.39 is 0 Å². The van der Waals surface area contributed by atoms with Gasteiger partial charge in [0.2, 0.25) is 0 Å². The van der Waals surface area contributed by atoms with Crippen LogP contribution in [0.1, 0.15) is 50.4 Å². The van der Waals surface area contributed by atoms with Crippen molar-refractivity contribution < 1.29 is 0 Å². The lowest BCUT2D eigenvalue weighted by Crippen LogP contribution is -2.38. The third kappa shape index (κ3) is 2.22. The van der Waals surface area contributed by atoms with Gasteiger partial charge >= 0.3 is 0 Å². The quantitative estimate of drug-likeness (QED) is 0.862. The first kappa shape index (κ1) is 13.1. The molecule has 4 rings (SSSR count). The summed E-state index contributed by atoms with van der Waals surface area (Å²) in [6.07, 6.45) is 5.02. The Bertz CT molecular complexity index is 671. The van der Waals surface area contributed by atoms with Crippen LogP contribution in [0.2, 0.25) is 0 Å². The minimum atomic E-state index is 0.584. The molecule has 1 aromatic carbocycles. The Morgan fingerprint density at radius 3 is 2.76 bits per heavy atom. The van der Waals surface area contributed by atoms with Crippen LogP contribution in [0.3, 0.4) is 0 Å². The van der Waals surface area contributed by atoms with Gasteiger partial charge in [-0.05, 0) is 57.9 Å². The van der Waals surface area contributed by atoms with E-state index in [0.29, 0.717) is 18.0 Å². The second-order valence-electron chi connectivity index (χ2n) is 6.87. The van der Waals surface area contributed by atoms with Crippen LogP contribution in [0.4, 0.5) is 5.69 Å². The molecule has 4 heteroatoms. The van der Waals surface area contributed by atoms with E-state index in [1.54, 1.807) is 0 Å². The molecule has 1 aliphatic carbocycles. The average Bonchev–Trinajstić information content (AvgIpc) is 3.23. The minimum Gasteiger partial charge on any atom is -0.399 e. The lowest BCUT2D eigenvalue weighted by atomic mass is 9.98.